The number of nitrogens with zero attached hydrogens (tertiary/aromatic N) is 5. The van der Waals surface area contributed by atoms with Gasteiger partial charge >= 0.3 is 103 Å². The number of carbonyl (C=O) groups is 1. The van der Waals surface area contributed by atoms with E-state index in [-0.39, 0.29) is 120 Å². The Hall–Kier alpha value is -0.297. The second kappa shape index (κ2) is 21.5. The van der Waals surface area contributed by atoms with Crippen LogP contribution in [0.5, 0.6) is 0 Å². The van der Waals surface area contributed by atoms with Gasteiger partial charge in [-0.1, -0.05) is 73.7 Å². The third-order valence-corrected chi connectivity index (χ3v) is 9.98. The first-order chi connectivity index (χ1) is 24.3. The van der Waals surface area contributed by atoms with Gasteiger partial charge in [0.1, 0.15) is 22.2 Å². The normalized spacial score (nSPS) is 14.2. The van der Waals surface area contributed by atoms with Crippen LogP contribution in [0.1, 0.15) is 84.8 Å². The van der Waals surface area contributed by atoms with Crippen molar-refractivity contribution >= 4 is 99.1 Å². The molecule has 2 unspecified atom stereocenters. The Labute approximate surface area is 422 Å². The number of alkyl halides is 1. The van der Waals surface area contributed by atoms with Crippen LogP contribution in [0.2, 0.25) is 10.0 Å². The van der Waals surface area contributed by atoms with E-state index in [2.05, 4.69) is 80.3 Å². The van der Waals surface area contributed by atoms with Crippen molar-refractivity contribution in [1.82, 2.24) is 30.3 Å². The van der Waals surface area contributed by atoms with Crippen LogP contribution >= 0.6 is 71.0 Å². The van der Waals surface area contributed by atoms with Crippen LogP contribution in [0.15, 0.2) is 76.4 Å². The van der Waals surface area contributed by atoms with Gasteiger partial charge in [0.05, 0.1) is 6.04 Å². The summed E-state index contributed by atoms with van der Waals surface area (Å²) < 4.78 is 12.9. The maximum atomic E-state index is 12.9. The maximum absolute atomic E-state index is 12.9. The number of H-pyrrole nitrogens is 1. The SMILES string of the molecule is CC(Br)c1ccc(Cl)cc1.CC(c1ccc(Cl)cc1)n1nc(Br)c2onc(C3CC3)c2c1=O.O=C([O-])O.O=c1[nH]nc(Br)c2onc(C3CC3)c12.[K+].[K+]. The fourth-order valence-electron chi connectivity index (χ4n) is 4.96. The molecule has 2 aromatic carbocycles. The van der Waals surface area contributed by atoms with Crippen molar-refractivity contribution in [3.05, 3.63) is 111 Å². The summed E-state index contributed by atoms with van der Waals surface area (Å²) in [5.41, 5.74) is 4.20. The molecular formula is C33H28Br3Cl2K2N6O7+. The largest absolute Gasteiger partial charge is 1.00 e. The molecule has 2 fully saturated rings. The molecule has 2 aliphatic carbocycles. The summed E-state index contributed by atoms with van der Waals surface area (Å²) in [7, 11) is 0. The van der Waals surface area contributed by atoms with Crippen LogP contribution in [0, 0.1) is 0 Å². The molecule has 6 aromatic rings. The van der Waals surface area contributed by atoms with E-state index in [1.807, 2.05) is 43.3 Å². The minimum atomic E-state index is -2.08. The molecule has 268 valence electrons. The molecule has 0 radical (unpaired) electrons. The summed E-state index contributed by atoms with van der Waals surface area (Å²) in [6, 6.07) is 15.0. The third-order valence-electron chi connectivity index (χ3n) is 7.89. The van der Waals surface area contributed by atoms with E-state index < -0.39 is 6.16 Å². The van der Waals surface area contributed by atoms with Gasteiger partial charge in [-0.05, 0) is 107 Å². The Morgan fingerprint density at radius 3 is 1.74 bits per heavy atom. The summed E-state index contributed by atoms with van der Waals surface area (Å²) in [5, 5.41) is 36.3. The van der Waals surface area contributed by atoms with Gasteiger partial charge in [0.15, 0.2) is 9.21 Å². The van der Waals surface area contributed by atoms with Gasteiger partial charge in [-0.15, -0.1) is 0 Å². The molecule has 20 heteroatoms. The zero-order chi connectivity index (χ0) is 37.0. The monoisotopic (exact) mass is 1000 g/mol. The molecule has 0 aliphatic heterocycles. The Morgan fingerprint density at radius 1 is 0.849 bits per heavy atom. The molecule has 2 aliphatic rings. The summed E-state index contributed by atoms with van der Waals surface area (Å²) in [6.07, 6.45) is 2.18. The number of aromatic nitrogens is 6. The smallest absolute Gasteiger partial charge is 0.565 e. The van der Waals surface area contributed by atoms with Crippen molar-refractivity contribution in [2.45, 2.75) is 62.2 Å². The van der Waals surface area contributed by atoms with E-state index in [1.165, 1.54) is 10.2 Å². The number of hydrogen-bond acceptors (Lipinski definition) is 10. The van der Waals surface area contributed by atoms with Gasteiger partial charge < -0.3 is 24.1 Å². The molecule has 8 rings (SSSR count). The number of hydrogen-bond donors (Lipinski definition) is 2. The minimum Gasteiger partial charge on any atom is -0.565 e. The van der Waals surface area contributed by atoms with Crippen molar-refractivity contribution in [2.24, 2.45) is 0 Å². The standard InChI is InChI=1S/C16H13BrClN3O2.C8H8BrCl.C8H6BrN3O2.CH2O3.2K/c1-8(9-4-6-11(18)7-5-9)21-16(22)12-13(10-2-3-10)20-23-14(12)15(17)19-21;1-6(9)7-2-4-8(10)5-3-7;9-7-6-4(8(13)11-10-7)5(12-14-6)3-1-2-3;2-1(3)4;;/h4-8,10H,2-3H2,1H3;2-6H,1H3;3H,1-2H2,(H,11,13);(H2,2,3,4);;/q;;;;2*+1/p-1. The van der Waals surface area contributed by atoms with E-state index >= 15 is 0 Å². The number of nitrogens with one attached hydrogen (secondary N) is 1. The zero-order valence-corrected chi connectivity index (χ0v) is 41.3. The Kier molecular flexibility index (Phi) is 19.1. The van der Waals surface area contributed by atoms with Crippen LogP contribution in [0.25, 0.3) is 21.9 Å². The summed E-state index contributed by atoms with van der Waals surface area (Å²) in [4.78, 5) is 33.3. The summed E-state index contributed by atoms with van der Waals surface area (Å²) >= 11 is 21.7. The van der Waals surface area contributed by atoms with Crippen LogP contribution in [0.3, 0.4) is 0 Å². The van der Waals surface area contributed by atoms with Crippen LogP contribution in [0.4, 0.5) is 4.79 Å². The van der Waals surface area contributed by atoms with Gasteiger partial charge in [0.2, 0.25) is 17.3 Å². The first kappa shape index (κ1) is 47.1. The molecular weight excluding hydrogens is 981 g/mol. The number of carboxylic acid groups (broad SMARTS) is 2. The molecule has 0 amide bonds. The van der Waals surface area contributed by atoms with Crippen molar-refractivity contribution in [3.63, 3.8) is 0 Å². The molecule has 4 heterocycles. The van der Waals surface area contributed by atoms with Crippen molar-refractivity contribution in [3.8, 4) is 0 Å². The molecule has 4 aromatic heterocycles. The number of halogens is 5. The molecule has 2 atom stereocenters. The Bertz CT molecular complexity index is 2270. The van der Waals surface area contributed by atoms with Gasteiger partial charge in [0, 0.05) is 26.7 Å². The van der Waals surface area contributed by atoms with Crippen molar-refractivity contribution in [1.29, 1.82) is 0 Å². The molecule has 0 saturated heterocycles. The second-order valence-electron chi connectivity index (χ2n) is 11.6. The van der Waals surface area contributed by atoms with Gasteiger partial charge in [-0.2, -0.15) is 10.2 Å². The van der Waals surface area contributed by atoms with E-state index in [0.29, 0.717) is 52.8 Å². The molecule has 13 nitrogen and oxygen atoms in total. The molecule has 53 heavy (non-hydrogen) atoms. The minimum absolute atomic E-state index is 0. The Morgan fingerprint density at radius 2 is 1.28 bits per heavy atom. The average molecular weight is 1010 g/mol. The van der Waals surface area contributed by atoms with Crippen molar-refractivity contribution in [2.75, 3.05) is 0 Å². The first-order valence-corrected chi connectivity index (χ1v) is 18.7. The van der Waals surface area contributed by atoms with Crippen LogP contribution in [-0.4, -0.2) is 41.6 Å². The summed E-state index contributed by atoms with van der Waals surface area (Å²) in [5.74, 6) is 0.726. The predicted octanol–water partition coefficient (Wildman–Crippen LogP) is 2.53. The van der Waals surface area contributed by atoms with Crippen LogP contribution < -0.4 is 119 Å². The van der Waals surface area contributed by atoms with E-state index in [4.69, 9.17) is 47.3 Å². The maximum Gasteiger partial charge on any atom is 1.00 e. The first-order valence-electron chi connectivity index (χ1n) is 15.4. The van der Waals surface area contributed by atoms with E-state index in [9.17, 15) is 9.59 Å². The molecule has 2 saturated carbocycles. The topological polar surface area (TPSA) is 193 Å². The Balaban J connectivity index is 0.000000216. The average Bonchev–Trinajstić information content (AvgIpc) is 4.03. The second-order valence-corrected chi connectivity index (χ2v) is 15.4. The third kappa shape index (κ3) is 12.6. The fraction of sp³-hybridized carbons (Fsp3) is 0.303. The zero-order valence-electron chi connectivity index (χ0n) is 28.8. The quantitative estimate of drug-likeness (QED) is 0.191. The summed E-state index contributed by atoms with van der Waals surface area (Å²) in [6.45, 7) is 4.02. The van der Waals surface area contributed by atoms with Crippen molar-refractivity contribution < 1.29 is 127 Å². The molecule has 0 spiro atoms. The van der Waals surface area contributed by atoms with Gasteiger partial charge in [-0.25, -0.2) is 9.78 Å². The molecule has 2 N–H and O–H groups in total. The predicted molar refractivity (Wildman–Crippen MR) is 200 cm³/mol. The fourth-order valence-corrected chi connectivity index (χ4v) is 6.32. The van der Waals surface area contributed by atoms with Gasteiger partial charge in [-0.3, -0.25) is 9.59 Å². The molecule has 0 bridgehead atoms. The van der Waals surface area contributed by atoms with Crippen LogP contribution in [-0.2, 0) is 0 Å². The van der Waals surface area contributed by atoms with E-state index in [0.717, 1.165) is 47.7 Å². The number of benzene rings is 2. The van der Waals surface area contributed by atoms with Gasteiger partial charge in [0.25, 0.3) is 11.1 Å². The number of aromatic amines is 1. The number of fused-ring (bicyclic) bond motifs is 2. The number of rotatable bonds is 5. The van der Waals surface area contributed by atoms with E-state index in [1.54, 1.807) is 12.1 Å².